The first-order chi connectivity index (χ1) is 20.8. The second kappa shape index (κ2) is 8.09. The van der Waals surface area contributed by atoms with Crippen LogP contribution in [0.1, 0.15) is 0 Å². The van der Waals surface area contributed by atoms with Crippen LogP contribution in [0.15, 0.2) is 130 Å². The molecule has 0 unspecified atom stereocenters. The second-order valence-electron chi connectivity index (χ2n) is 10.7. The maximum Gasteiger partial charge on any atom is 0.228 e. The first kappa shape index (κ1) is 22.3. The predicted octanol–water partition coefficient (Wildman–Crippen LogP) is 10.9. The summed E-state index contributed by atoms with van der Waals surface area (Å²) in [5, 5.41) is 6.87. The van der Waals surface area contributed by atoms with Gasteiger partial charge in [-0.15, -0.1) is 11.3 Å². The first-order valence-corrected chi connectivity index (χ1v) is 14.8. The first-order valence-electron chi connectivity index (χ1n) is 14.0. The van der Waals surface area contributed by atoms with Crippen molar-refractivity contribution in [3.05, 3.63) is 121 Å². The minimum absolute atomic E-state index is 0.616. The van der Waals surface area contributed by atoms with Crippen LogP contribution in [0.4, 0.5) is 0 Å². The minimum atomic E-state index is 0.616. The Kier molecular flexibility index (Phi) is 4.30. The van der Waals surface area contributed by atoms with Gasteiger partial charge in [-0.1, -0.05) is 72.8 Å². The van der Waals surface area contributed by atoms with Crippen LogP contribution in [0.2, 0.25) is 0 Å². The van der Waals surface area contributed by atoms with Gasteiger partial charge in [0.15, 0.2) is 5.58 Å². The van der Waals surface area contributed by atoms with Crippen molar-refractivity contribution in [1.82, 2.24) is 9.55 Å². The Morgan fingerprint density at radius 1 is 0.548 bits per heavy atom. The third-order valence-corrected chi connectivity index (χ3v) is 9.65. The number of thiophene rings is 1. The number of aromatic nitrogens is 2. The van der Waals surface area contributed by atoms with Crippen LogP contribution in [0.3, 0.4) is 0 Å². The van der Waals surface area contributed by atoms with Crippen LogP contribution in [-0.2, 0) is 0 Å². The molecule has 5 heteroatoms. The Morgan fingerprint density at radius 2 is 1.24 bits per heavy atom. The molecule has 0 fully saturated rings. The lowest BCUT2D eigenvalue weighted by atomic mass is 10.0. The summed E-state index contributed by atoms with van der Waals surface area (Å²) in [5.41, 5.74) is 7.77. The van der Waals surface area contributed by atoms with E-state index in [-0.39, 0.29) is 0 Å². The Bertz CT molecular complexity index is 2650. The summed E-state index contributed by atoms with van der Waals surface area (Å²) in [5.74, 6) is 0.616. The molecule has 0 atom stereocenters. The standard InChI is InChI=1S/C37H20N2O2S/c1-5-13-27-21(9-1)22-10-2-6-14-28(22)39(27)29-19-17-25(33-24-12-4-8-16-32(24)42-36(29)33)37-38-26-18-20-31-34(35(26)41-37)23-11-3-7-15-30(23)40-31/h1-20H. The van der Waals surface area contributed by atoms with Crippen molar-refractivity contribution in [3.8, 4) is 17.1 Å². The van der Waals surface area contributed by atoms with Crippen LogP contribution in [0.5, 0.6) is 0 Å². The average Bonchev–Trinajstić information content (AvgIpc) is 3.80. The predicted molar refractivity (Wildman–Crippen MR) is 174 cm³/mol. The molecule has 4 heterocycles. The molecule has 0 saturated heterocycles. The van der Waals surface area contributed by atoms with Gasteiger partial charge in [0.2, 0.25) is 5.89 Å². The fraction of sp³-hybridized carbons (Fsp3) is 0. The number of nitrogens with zero attached hydrogens (tertiary/aromatic N) is 2. The van der Waals surface area contributed by atoms with Gasteiger partial charge in [-0.05, 0) is 48.5 Å². The van der Waals surface area contributed by atoms with Crippen LogP contribution in [-0.4, -0.2) is 9.55 Å². The van der Waals surface area contributed by atoms with Crippen molar-refractivity contribution in [1.29, 1.82) is 0 Å². The van der Waals surface area contributed by atoms with Gasteiger partial charge in [0, 0.05) is 37.2 Å². The van der Waals surface area contributed by atoms with E-state index < -0.39 is 0 Å². The second-order valence-corrected chi connectivity index (χ2v) is 11.8. The van der Waals surface area contributed by atoms with Crippen LogP contribution >= 0.6 is 11.3 Å². The van der Waals surface area contributed by atoms with E-state index in [2.05, 4.69) is 95.6 Å². The molecular weight excluding hydrogens is 536 g/mol. The summed E-state index contributed by atoms with van der Waals surface area (Å²) < 4.78 is 17.6. The smallest absolute Gasteiger partial charge is 0.228 e. The Hall–Kier alpha value is -5.39. The molecule has 4 aromatic heterocycles. The number of rotatable bonds is 2. The number of oxazole rings is 1. The molecule has 0 radical (unpaired) electrons. The van der Waals surface area contributed by atoms with E-state index in [0.717, 1.165) is 49.7 Å². The van der Waals surface area contributed by atoms with E-state index in [1.807, 2.05) is 41.7 Å². The molecule has 4 nitrogen and oxygen atoms in total. The van der Waals surface area contributed by atoms with Crippen LogP contribution < -0.4 is 0 Å². The van der Waals surface area contributed by atoms with Crippen molar-refractivity contribution in [2.24, 2.45) is 0 Å². The molecule has 10 aromatic rings. The topological polar surface area (TPSA) is 44.1 Å². The van der Waals surface area contributed by atoms with E-state index in [4.69, 9.17) is 13.8 Å². The number of fused-ring (bicyclic) bond motifs is 11. The highest BCUT2D eigenvalue weighted by Crippen LogP contribution is 2.46. The Morgan fingerprint density at radius 3 is 2.05 bits per heavy atom. The average molecular weight is 557 g/mol. The van der Waals surface area contributed by atoms with Crippen molar-refractivity contribution >= 4 is 86.4 Å². The van der Waals surface area contributed by atoms with Crippen LogP contribution in [0, 0.1) is 0 Å². The third-order valence-electron chi connectivity index (χ3n) is 8.45. The lowest BCUT2D eigenvalue weighted by Gasteiger charge is -2.11. The molecular formula is C37H20N2O2S. The fourth-order valence-corrected chi connectivity index (χ4v) is 7.89. The normalized spacial score (nSPS) is 12.3. The van der Waals surface area contributed by atoms with Crippen LogP contribution in [0.25, 0.3) is 92.2 Å². The van der Waals surface area contributed by atoms with Gasteiger partial charge >= 0.3 is 0 Å². The number of furan rings is 1. The van der Waals surface area contributed by atoms with Crippen molar-refractivity contribution in [2.45, 2.75) is 0 Å². The largest absolute Gasteiger partial charge is 0.456 e. The van der Waals surface area contributed by atoms with Gasteiger partial charge in [0.1, 0.15) is 16.7 Å². The molecule has 0 aliphatic heterocycles. The summed E-state index contributed by atoms with van der Waals surface area (Å²) in [4.78, 5) is 5.04. The van der Waals surface area contributed by atoms with Gasteiger partial charge in [0.05, 0.1) is 26.8 Å². The van der Waals surface area contributed by atoms with Crippen molar-refractivity contribution < 1.29 is 8.83 Å². The maximum atomic E-state index is 6.66. The summed E-state index contributed by atoms with van der Waals surface area (Å²) in [6, 6.07) is 42.4. The summed E-state index contributed by atoms with van der Waals surface area (Å²) in [6.07, 6.45) is 0. The van der Waals surface area contributed by atoms with Gasteiger partial charge in [-0.3, -0.25) is 0 Å². The molecule has 0 aliphatic rings. The molecule has 6 aromatic carbocycles. The molecule has 0 N–H and O–H groups in total. The molecule has 0 aliphatic carbocycles. The molecule has 0 saturated carbocycles. The molecule has 10 rings (SSSR count). The number of hydrogen-bond acceptors (Lipinski definition) is 4. The van der Waals surface area contributed by atoms with Gasteiger partial charge in [-0.2, -0.15) is 0 Å². The zero-order valence-corrected chi connectivity index (χ0v) is 23.0. The van der Waals surface area contributed by atoms with Gasteiger partial charge in [-0.25, -0.2) is 4.98 Å². The lowest BCUT2D eigenvalue weighted by molar-refractivity contribution is 0.623. The summed E-state index contributed by atoms with van der Waals surface area (Å²) >= 11 is 1.82. The van der Waals surface area contributed by atoms with E-state index in [1.54, 1.807) is 0 Å². The number of benzene rings is 6. The highest BCUT2D eigenvalue weighted by Gasteiger charge is 2.22. The Labute approximate surface area is 242 Å². The SMILES string of the molecule is c1ccc2c(c1)oc1ccc3nc(-c4ccc(-n5c6ccccc6c6ccccc65)c5sc6ccccc6c45)oc3c12. The van der Waals surface area contributed by atoms with E-state index in [1.165, 1.54) is 36.6 Å². The van der Waals surface area contributed by atoms with Crippen molar-refractivity contribution in [3.63, 3.8) is 0 Å². The third kappa shape index (κ3) is 2.88. The maximum absolute atomic E-state index is 6.66. The quantitative estimate of drug-likeness (QED) is 0.213. The lowest BCUT2D eigenvalue weighted by Crippen LogP contribution is -1.94. The van der Waals surface area contributed by atoms with Gasteiger partial charge < -0.3 is 13.4 Å². The number of hydrogen-bond donors (Lipinski definition) is 0. The highest BCUT2D eigenvalue weighted by molar-refractivity contribution is 7.26. The van der Waals surface area contributed by atoms with Crippen molar-refractivity contribution in [2.75, 3.05) is 0 Å². The molecule has 0 bridgehead atoms. The van der Waals surface area contributed by atoms with E-state index >= 15 is 0 Å². The summed E-state index contributed by atoms with van der Waals surface area (Å²) in [7, 11) is 0. The Balaban J connectivity index is 1.31. The molecule has 196 valence electrons. The minimum Gasteiger partial charge on any atom is -0.456 e. The fourth-order valence-electron chi connectivity index (χ4n) is 6.66. The summed E-state index contributed by atoms with van der Waals surface area (Å²) in [6.45, 7) is 0. The monoisotopic (exact) mass is 556 g/mol. The van der Waals surface area contributed by atoms with E-state index in [0.29, 0.717) is 5.89 Å². The highest BCUT2D eigenvalue weighted by atomic mass is 32.1. The number of para-hydroxylation sites is 3. The molecule has 0 amide bonds. The van der Waals surface area contributed by atoms with E-state index in [9.17, 15) is 0 Å². The van der Waals surface area contributed by atoms with Gasteiger partial charge in [0.25, 0.3) is 0 Å². The zero-order chi connectivity index (χ0) is 27.4. The molecule has 0 spiro atoms. The zero-order valence-electron chi connectivity index (χ0n) is 22.2. The molecule has 42 heavy (non-hydrogen) atoms.